The monoisotopic (exact) mass is 278 g/mol. The van der Waals surface area contributed by atoms with E-state index in [1.54, 1.807) is 11.1 Å². The Hall–Kier alpha value is -0.720. The fraction of sp³-hybridized carbons (Fsp3) is 0.789. The van der Waals surface area contributed by atoms with Gasteiger partial charge in [0.25, 0.3) is 0 Å². The molecule has 0 heterocycles. The van der Waals surface area contributed by atoms with E-state index in [4.69, 9.17) is 0 Å². The summed E-state index contributed by atoms with van der Waals surface area (Å²) in [4.78, 5) is 0. The van der Waals surface area contributed by atoms with Gasteiger partial charge in [-0.25, -0.2) is 0 Å². The van der Waals surface area contributed by atoms with Crippen LogP contribution in [0.5, 0.6) is 0 Å². The molecule has 3 unspecified atom stereocenters. The van der Waals surface area contributed by atoms with E-state index in [0.29, 0.717) is 11.7 Å². The molecule has 0 aliphatic heterocycles. The van der Waals surface area contributed by atoms with Gasteiger partial charge in [0.05, 0.1) is 5.76 Å². The summed E-state index contributed by atoms with van der Waals surface area (Å²) in [5.41, 5.74) is 3.40. The molecule has 0 aromatic carbocycles. The largest absolute Gasteiger partial charge is 0.512 e. The fourth-order valence-corrected chi connectivity index (χ4v) is 4.78. The first-order valence-corrected chi connectivity index (χ1v) is 8.43. The second kappa shape index (κ2) is 6.37. The number of aliphatic hydroxyl groups excluding tert-OH is 1. The van der Waals surface area contributed by atoms with Gasteiger partial charge in [0.2, 0.25) is 0 Å². The lowest BCUT2D eigenvalue weighted by molar-refractivity contribution is -0.0160. The topological polar surface area (TPSA) is 20.2 Å². The minimum Gasteiger partial charge on any atom is -0.512 e. The van der Waals surface area contributed by atoms with Crippen LogP contribution in [0.1, 0.15) is 80.1 Å². The molecule has 0 aromatic heterocycles. The zero-order valence-corrected chi connectivity index (χ0v) is 14.5. The first-order valence-electron chi connectivity index (χ1n) is 8.43. The Kier molecular flexibility index (Phi) is 5.52. The molecule has 1 fully saturated rings. The Bertz CT molecular complexity index is 393. The molecule has 0 saturated heterocycles. The van der Waals surface area contributed by atoms with Crippen LogP contribution in [0.15, 0.2) is 23.5 Å². The average Bonchev–Trinajstić information content (AvgIpc) is 2.45. The van der Waals surface area contributed by atoms with Gasteiger partial charge in [-0.3, -0.25) is 0 Å². The summed E-state index contributed by atoms with van der Waals surface area (Å²) in [5, 5.41) is 10.2. The van der Waals surface area contributed by atoms with Crippen LogP contribution < -0.4 is 0 Å². The Morgan fingerprint density at radius 2 is 1.90 bits per heavy atom. The summed E-state index contributed by atoms with van der Waals surface area (Å²) in [6.45, 7) is 17.2. The van der Waals surface area contributed by atoms with Crippen LogP contribution in [0, 0.1) is 16.7 Å². The number of rotatable bonds is 2. The molecule has 0 bridgehead atoms. The molecule has 0 amide bonds. The summed E-state index contributed by atoms with van der Waals surface area (Å²) < 4.78 is 0. The highest BCUT2D eigenvalue weighted by Gasteiger charge is 2.53. The van der Waals surface area contributed by atoms with Crippen molar-refractivity contribution in [3.63, 3.8) is 0 Å². The highest BCUT2D eigenvalue weighted by atomic mass is 16.3. The van der Waals surface area contributed by atoms with Gasteiger partial charge in [0.1, 0.15) is 0 Å². The summed E-state index contributed by atoms with van der Waals surface area (Å²) in [7, 11) is 0. The van der Waals surface area contributed by atoms with Gasteiger partial charge in [-0.05, 0) is 57.3 Å². The normalized spacial score (nSPS) is 36.8. The molecule has 1 nitrogen and oxygen atoms in total. The van der Waals surface area contributed by atoms with E-state index in [2.05, 4.69) is 34.3 Å². The third-order valence-electron chi connectivity index (χ3n) is 6.27. The zero-order valence-electron chi connectivity index (χ0n) is 14.5. The van der Waals surface area contributed by atoms with Crippen LogP contribution in [0.2, 0.25) is 0 Å². The van der Waals surface area contributed by atoms with Crippen molar-refractivity contribution in [2.45, 2.75) is 80.1 Å². The molecule has 3 atom stereocenters. The molecule has 116 valence electrons. The smallest absolute Gasteiger partial charge is 0.0915 e. The van der Waals surface area contributed by atoms with Crippen molar-refractivity contribution in [2.24, 2.45) is 16.7 Å². The predicted octanol–water partition coefficient (Wildman–Crippen LogP) is 6.42. The molecule has 1 heteroatoms. The Labute approximate surface area is 126 Å². The quantitative estimate of drug-likeness (QED) is 0.456. The summed E-state index contributed by atoms with van der Waals surface area (Å²) in [5.74, 6) is 1.01. The summed E-state index contributed by atoms with van der Waals surface area (Å²) in [6.07, 6.45) is 7.04. The second-order valence-corrected chi connectivity index (χ2v) is 6.72. The molecule has 1 saturated carbocycles. The maximum absolute atomic E-state index is 10.2. The van der Waals surface area contributed by atoms with Gasteiger partial charge in [-0.1, -0.05) is 51.8 Å². The summed E-state index contributed by atoms with van der Waals surface area (Å²) >= 11 is 0. The fourth-order valence-electron chi connectivity index (χ4n) is 4.78. The molecule has 0 spiro atoms. The highest BCUT2D eigenvalue weighted by molar-refractivity contribution is 5.28. The van der Waals surface area contributed by atoms with E-state index in [1.165, 1.54) is 25.7 Å². The average molecular weight is 278 g/mol. The van der Waals surface area contributed by atoms with Crippen molar-refractivity contribution in [2.75, 3.05) is 0 Å². The molecular weight excluding hydrogens is 244 g/mol. The zero-order chi connectivity index (χ0) is 15.6. The maximum atomic E-state index is 10.2. The number of allylic oxidation sites excluding steroid dienone is 3. The van der Waals surface area contributed by atoms with Crippen LogP contribution in [0.4, 0.5) is 0 Å². The molecule has 0 aromatic rings. The van der Waals surface area contributed by atoms with Crippen LogP contribution in [0.25, 0.3) is 0 Å². The minimum atomic E-state index is -0.0328. The Morgan fingerprint density at radius 1 is 1.30 bits per heavy atom. The lowest BCUT2D eigenvalue weighted by Gasteiger charge is -2.56. The molecule has 2 aliphatic carbocycles. The van der Waals surface area contributed by atoms with Gasteiger partial charge in [0.15, 0.2) is 0 Å². The van der Waals surface area contributed by atoms with Gasteiger partial charge >= 0.3 is 0 Å². The van der Waals surface area contributed by atoms with Crippen molar-refractivity contribution in [3.8, 4) is 0 Å². The highest BCUT2D eigenvalue weighted by Crippen LogP contribution is 2.62. The Morgan fingerprint density at radius 3 is 2.40 bits per heavy atom. The first kappa shape index (κ1) is 17.3. The number of aliphatic hydroxyl groups is 1. The van der Waals surface area contributed by atoms with Crippen LogP contribution in [-0.4, -0.2) is 5.11 Å². The van der Waals surface area contributed by atoms with Crippen molar-refractivity contribution in [1.29, 1.82) is 0 Å². The molecule has 2 aliphatic rings. The van der Waals surface area contributed by atoms with Crippen molar-refractivity contribution >= 4 is 0 Å². The van der Waals surface area contributed by atoms with Crippen molar-refractivity contribution in [3.05, 3.63) is 23.5 Å². The van der Waals surface area contributed by atoms with E-state index in [-0.39, 0.29) is 10.8 Å². The van der Waals surface area contributed by atoms with E-state index in [0.717, 1.165) is 12.8 Å². The van der Waals surface area contributed by atoms with Crippen molar-refractivity contribution < 1.29 is 5.11 Å². The predicted molar refractivity (Wildman–Crippen MR) is 88.9 cm³/mol. The van der Waals surface area contributed by atoms with E-state index < -0.39 is 0 Å². The molecular formula is C19H34O. The maximum Gasteiger partial charge on any atom is 0.0915 e. The van der Waals surface area contributed by atoms with Crippen LogP contribution >= 0.6 is 0 Å². The SMILES string of the molecule is C=C(O)C1(CC)CCCC2(C)C(C)=C(C)CCC21.CC. The third-order valence-corrected chi connectivity index (χ3v) is 6.27. The molecule has 2 rings (SSSR count). The van der Waals surface area contributed by atoms with Gasteiger partial charge < -0.3 is 5.11 Å². The van der Waals surface area contributed by atoms with Crippen molar-refractivity contribution in [1.82, 2.24) is 0 Å². The first-order chi connectivity index (χ1) is 9.38. The standard InChI is InChI=1S/C17H28O.C2H6/c1-6-17(14(4)18)11-7-10-16(5)13(3)12(2)8-9-15(16)17;1-2/h15,18H,4,6-11H2,1-3,5H3;1-2H3. The molecule has 1 N–H and O–H groups in total. The Balaban J connectivity index is 0.000000956. The van der Waals surface area contributed by atoms with Gasteiger partial charge in [-0.15, -0.1) is 0 Å². The minimum absolute atomic E-state index is 0.0328. The number of hydrogen-bond donors (Lipinski definition) is 1. The van der Waals surface area contributed by atoms with Gasteiger partial charge in [-0.2, -0.15) is 0 Å². The number of hydrogen-bond acceptors (Lipinski definition) is 1. The van der Waals surface area contributed by atoms with Crippen LogP contribution in [0.3, 0.4) is 0 Å². The third kappa shape index (κ3) is 2.44. The van der Waals surface area contributed by atoms with E-state index in [9.17, 15) is 5.11 Å². The summed E-state index contributed by atoms with van der Waals surface area (Å²) in [6, 6.07) is 0. The van der Waals surface area contributed by atoms with Crippen LogP contribution in [-0.2, 0) is 0 Å². The second-order valence-electron chi connectivity index (χ2n) is 6.72. The molecule has 20 heavy (non-hydrogen) atoms. The lowest BCUT2D eigenvalue weighted by atomic mass is 9.48. The lowest BCUT2D eigenvalue weighted by Crippen LogP contribution is -2.48. The van der Waals surface area contributed by atoms with E-state index >= 15 is 0 Å². The number of fused-ring (bicyclic) bond motifs is 1. The van der Waals surface area contributed by atoms with Gasteiger partial charge in [0, 0.05) is 5.41 Å². The molecule has 0 radical (unpaired) electrons. The van der Waals surface area contributed by atoms with E-state index in [1.807, 2.05) is 13.8 Å².